The molecular formula is C17H35N3. The van der Waals surface area contributed by atoms with Crippen molar-refractivity contribution in [2.75, 3.05) is 40.3 Å². The summed E-state index contributed by atoms with van der Waals surface area (Å²) in [5.41, 5.74) is 0.761. The van der Waals surface area contributed by atoms with Gasteiger partial charge in [-0.1, -0.05) is 20.3 Å². The van der Waals surface area contributed by atoms with E-state index in [2.05, 4.69) is 56.9 Å². The molecule has 0 spiro atoms. The lowest BCUT2D eigenvalue weighted by molar-refractivity contribution is 0.0129. The van der Waals surface area contributed by atoms with E-state index in [0.717, 1.165) is 5.92 Å². The summed E-state index contributed by atoms with van der Waals surface area (Å²) in [6, 6.07) is 0.666. The number of hydrogen-bond acceptors (Lipinski definition) is 3. The van der Waals surface area contributed by atoms with E-state index in [1.54, 1.807) is 0 Å². The lowest BCUT2D eigenvalue weighted by atomic mass is 9.67. The molecule has 0 aromatic heterocycles. The first-order chi connectivity index (χ1) is 9.26. The molecule has 2 rings (SSSR count). The minimum absolute atomic E-state index is 0.317. The summed E-state index contributed by atoms with van der Waals surface area (Å²) >= 11 is 0. The predicted molar refractivity (Wildman–Crippen MR) is 87.1 cm³/mol. The molecule has 2 unspecified atom stereocenters. The van der Waals surface area contributed by atoms with Crippen LogP contribution in [0.3, 0.4) is 0 Å². The molecule has 3 heteroatoms. The molecule has 2 fully saturated rings. The zero-order valence-electron chi connectivity index (χ0n) is 14.5. The SMILES string of the molecule is CNC1C(CN2CCN(C)C(C)(C)C2)CCCC1(C)C. The Balaban J connectivity index is 1.98. The van der Waals surface area contributed by atoms with E-state index in [1.165, 1.54) is 45.4 Å². The molecule has 1 saturated carbocycles. The van der Waals surface area contributed by atoms with Crippen molar-refractivity contribution in [1.29, 1.82) is 0 Å². The first-order valence-electron chi connectivity index (χ1n) is 8.37. The van der Waals surface area contributed by atoms with Crippen LogP contribution in [0.25, 0.3) is 0 Å². The topological polar surface area (TPSA) is 18.5 Å². The van der Waals surface area contributed by atoms with Crippen LogP contribution in [-0.4, -0.2) is 61.7 Å². The standard InChI is InChI=1S/C17H35N3/c1-16(2)9-7-8-14(15(16)18-5)12-20-11-10-19(6)17(3,4)13-20/h14-15,18H,7-13H2,1-6H3. The summed E-state index contributed by atoms with van der Waals surface area (Å²) in [6.07, 6.45) is 4.15. The molecule has 1 aliphatic heterocycles. The van der Waals surface area contributed by atoms with E-state index in [4.69, 9.17) is 0 Å². The van der Waals surface area contributed by atoms with Crippen molar-refractivity contribution in [3.05, 3.63) is 0 Å². The van der Waals surface area contributed by atoms with Gasteiger partial charge in [-0.2, -0.15) is 0 Å². The van der Waals surface area contributed by atoms with Gasteiger partial charge in [0.05, 0.1) is 0 Å². The highest BCUT2D eigenvalue weighted by Gasteiger charge is 2.40. The second-order valence-electron chi connectivity index (χ2n) is 8.38. The third-order valence-corrected chi connectivity index (χ3v) is 5.91. The van der Waals surface area contributed by atoms with E-state index < -0.39 is 0 Å². The van der Waals surface area contributed by atoms with Crippen LogP contribution >= 0.6 is 0 Å². The molecular weight excluding hydrogens is 246 g/mol. The Morgan fingerprint density at radius 1 is 1.15 bits per heavy atom. The lowest BCUT2D eigenvalue weighted by Gasteiger charge is -2.49. The number of piperazine rings is 1. The summed E-state index contributed by atoms with van der Waals surface area (Å²) in [7, 11) is 4.41. The van der Waals surface area contributed by atoms with Crippen molar-refractivity contribution in [1.82, 2.24) is 15.1 Å². The van der Waals surface area contributed by atoms with Crippen molar-refractivity contribution in [2.45, 2.75) is 58.5 Å². The van der Waals surface area contributed by atoms with Gasteiger partial charge in [-0.05, 0) is 52.1 Å². The monoisotopic (exact) mass is 281 g/mol. The normalized spacial score (nSPS) is 35.1. The fourth-order valence-electron chi connectivity index (χ4n) is 4.43. The van der Waals surface area contributed by atoms with Crippen LogP contribution in [0.2, 0.25) is 0 Å². The number of likely N-dealkylation sites (N-methyl/N-ethyl adjacent to an activating group) is 1. The van der Waals surface area contributed by atoms with E-state index in [1.807, 2.05) is 0 Å². The highest BCUT2D eigenvalue weighted by Crippen LogP contribution is 2.39. The maximum absolute atomic E-state index is 3.63. The maximum Gasteiger partial charge on any atom is 0.0277 e. The Kier molecular flexibility index (Phi) is 4.83. The first-order valence-corrected chi connectivity index (χ1v) is 8.37. The Labute approximate surface area is 126 Å². The van der Waals surface area contributed by atoms with E-state index in [-0.39, 0.29) is 0 Å². The van der Waals surface area contributed by atoms with Gasteiger partial charge in [-0.3, -0.25) is 9.80 Å². The van der Waals surface area contributed by atoms with Gasteiger partial charge in [0.2, 0.25) is 0 Å². The second kappa shape index (κ2) is 5.94. The Hall–Kier alpha value is -0.120. The molecule has 1 heterocycles. The molecule has 0 bridgehead atoms. The quantitative estimate of drug-likeness (QED) is 0.857. The number of nitrogens with one attached hydrogen (secondary N) is 1. The van der Waals surface area contributed by atoms with Crippen molar-refractivity contribution < 1.29 is 0 Å². The molecule has 0 aromatic carbocycles. The van der Waals surface area contributed by atoms with Gasteiger partial charge in [0.1, 0.15) is 0 Å². The van der Waals surface area contributed by atoms with Crippen LogP contribution in [0.15, 0.2) is 0 Å². The second-order valence-corrected chi connectivity index (χ2v) is 8.38. The van der Waals surface area contributed by atoms with E-state index >= 15 is 0 Å². The zero-order valence-corrected chi connectivity index (χ0v) is 14.5. The maximum atomic E-state index is 3.63. The van der Waals surface area contributed by atoms with Crippen LogP contribution in [0, 0.1) is 11.3 Å². The molecule has 1 N–H and O–H groups in total. The minimum atomic E-state index is 0.317. The van der Waals surface area contributed by atoms with Crippen molar-refractivity contribution in [3.8, 4) is 0 Å². The Bertz CT molecular complexity index is 324. The van der Waals surface area contributed by atoms with Gasteiger partial charge < -0.3 is 5.32 Å². The third kappa shape index (κ3) is 3.37. The minimum Gasteiger partial charge on any atom is -0.316 e. The summed E-state index contributed by atoms with van der Waals surface area (Å²) < 4.78 is 0. The highest BCUT2D eigenvalue weighted by molar-refractivity contribution is 4.96. The Morgan fingerprint density at radius 3 is 2.45 bits per heavy atom. The highest BCUT2D eigenvalue weighted by atomic mass is 15.3. The van der Waals surface area contributed by atoms with E-state index in [0.29, 0.717) is 17.0 Å². The van der Waals surface area contributed by atoms with Crippen LogP contribution in [0.5, 0.6) is 0 Å². The average molecular weight is 281 g/mol. The zero-order chi connectivity index (χ0) is 15.0. The third-order valence-electron chi connectivity index (χ3n) is 5.91. The van der Waals surface area contributed by atoms with Crippen molar-refractivity contribution in [2.24, 2.45) is 11.3 Å². The van der Waals surface area contributed by atoms with Crippen molar-refractivity contribution >= 4 is 0 Å². The largest absolute Gasteiger partial charge is 0.316 e. The lowest BCUT2D eigenvalue weighted by Crippen LogP contribution is -2.60. The van der Waals surface area contributed by atoms with Crippen LogP contribution in [0.1, 0.15) is 47.0 Å². The number of hydrogen-bond donors (Lipinski definition) is 1. The summed E-state index contributed by atoms with van der Waals surface area (Å²) in [6.45, 7) is 14.5. The van der Waals surface area contributed by atoms with Gasteiger partial charge >= 0.3 is 0 Å². The molecule has 0 aromatic rings. The van der Waals surface area contributed by atoms with Gasteiger partial charge in [0.25, 0.3) is 0 Å². The average Bonchev–Trinajstić information content (AvgIpc) is 2.33. The molecule has 2 atom stereocenters. The summed E-state index contributed by atoms with van der Waals surface area (Å²) in [5.74, 6) is 0.808. The molecule has 1 aliphatic carbocycles. The number of nitrogens with zero attached hydrogens (tertiary/aromatic N) is 2. The fraction of sp³-hybridized carbons (Fsp3) is 1.00. The Morgan fingerprint density at radius 2 is 1.85 bits per heavy atom. The van der Waals surface area contributed by atoms with E-state index in [9.17, 15) is 0 Å². The molecule has 20 heavy (non-hydrogen) atoms. The summed E-state index contributed by atoms with van der Waals surface area (Å²) in [4.78, 5) is 5.21. The van der Waals surface area contributed by atoms with Gasteiger partial charge in [-0.25, -0.2) is 0 Å². The molecule has 118 valence electrons. The fourth-order valence-corrected chi connectivity index (χ4v) is 4.43. The van der Waals surface area contributed by atoms with Gasteiger partial charge in [0.15, 0.2) is 0 Å². The smallest absolute Gasteiger partial charge is 0.0277 e. The molecule has 2 aliphatic rings. The number of rotatable bonds is 3. The molecule has 1 saturated heterocycles. The van der Waals surface area contributed by atoms with Crippen molar-refractivity contribution in [3.63, 3.8) is 0 Å². The van der Waals surface area contributed by atoms with Crippen LogP contribution in [-0.2, 0) is 0 Å². The molecule has 3 nitrogen and oxygen atoms in total. The van der Waals surface area contributed by atoms with Gasteiger partial charge in [-0.15, -0.1) is 0 Å². The summed E-state index contributed by atoms with van der Waals surface area (Å²) in [5, 5.41) is 3.63. The van der Waals surface area contributed by atoms with Gasteiger partial charge in [0, 0.05) is 37.8 Å². The first kappa shape index (κ1) is 16.3. The van der Waals surface area contributed by atoms with Crippen LogP contribution in [0.4, 0.5) is 0 Å². The van der Waals surface area contributed by atoms with Crippen LogP contribution < -0.4 is 5.32 Å². The predicted octanol–water partition coefficient (Wildman–Crippen LogP) is 2.43. The molecule has 0 amide bonds. The molecule has 0 radical (unpaired) electrons.